The van der Waals surface area contributed by atoms with Gasteiger partial charge in [0.25, 0.3) is 5.91 Å². The largest absolute Gasteiger partial charge is 0.489 e. The van der Waals surface area contributed by atoms with E-state index in [1.165, 1.54) is 23.1 Å². The average molecular weight is 456 g/mol. The summed E-state index contributed by atoms with van der Waals surface area (Å²) in [6.07, 6.45) is -4.61. The first-order valence-corrected chi connectivity index (χ1v) is 10.3. The van der Waals surface area contributed by atoms with Crippen LogP contribution in [0.1, 0.15) is 28.4 Å². The Morgan fingerprint density at radius 2 is 1.64 bits per heavy atom. The van der Waals surface area contributed by atoms with E-state index in [4.69, 9.17) is 4.74 Å². The Kier molecular flexibility index (Phi) is 7.71. The van der Waals surface area contributed by atoms with Gasteiger partial charge in [-0.05, 0) is 42.8 Å². The van der Waals surface area contributed by atoms with Crippen molar-refractivity contribution in [3.8, 4) is 5.75 Å². The molecule has 8 heteroatoms. The van der Waals surface area contributed by atoms with Gasteiger partial charge in [-0.15, -0.1) is 0 Å². The molecule has 2 amide bonds. The van der Waals surface area contributed by atoms with E-state index in [1.807, 2.05) is 30.3 Å². The van der Waals surface area contributed by atoms with Crippen molar-refractivity contribution in [2.24, 2.45) is 0 Å². The summed E-state index contributed by atoms with van der Waals surface area (Å²) in [5, 5.41) is 2.26. The Labute approximate surface area is 189 Å². The zero-order valence-corrected chi connectivity index (χ0v) is 17.9. The number of benzene rings is 3. The molecule has 1 N–H and O–H groups in total. The molecule has 3 aromatic rings. The van der Waals surface area contributed by atoms with Gasteiger partial charge in [0.15, 0.2) is 0 Å². The van der Waals surface area contributed by atoms with Gasteiger partial charge in [-0.3, -0.25) is 9.59 Å². The fraction of sp³-hybridized carbons (Fsp3) is 0.200. The molecular weight excluding hydrogens is 433 g/mol. The number of ether oxygens (including phenoxy) is 1. The summed E-state index contributed by atoms with van der Waals surface area (Å²) in [4.78, 5) is 26.6. The average Bonchev–Trinajstić information content (AvgIpc) is 2.81. The number of carbonyl (C=O) groups is 2. The van der Waals surface area contributed by atoms with E-state index >= 15 is 0 Å². The van der Waals surface area contributed by atoms with Crippen LogP contribution in [0.2, 0.25) is 0 Å². The number of carbonyl (C=O) groups excluding carboxylic acids is 2. The zero-order valence-electron chi connectivity index (χ0n) is 17.9. The smallest absolute Gasteiger partial charge is 0.418 e. The quantitative estimate of drug-likeness (QED) is 0.495. The van der Waals surface area contributed by atoms with Crippen molar-refractivity contribution in [3.63, 3.8) is 0 Å². The van der Waals surface area contributed by atoms with Crippen molar-refractivity contribution < 1.29 is 27.5 Å². The maximum absolute atomic E-state index is 13.2. The van der Waals surface area contributed by atoms with E-state index in [0.29, 0.717) is 17.9 Å². The van der Waals surface area contributed by atoms with Crippen LogP contribution < -0.4 is 10.1 Å². The second-order valence-corrected chi connectivity index (χ2v) is 7.21. The molecule has 0 aliphatic rings. The molecule has 0 aromatic heterocycles. The molecule has 33 heavy (non-hydrogen) atoms. The molecule has 0 atom stereocenters. The number of alkyl halides is 3. The predicted octanol–water partition coefficient (Wildman–Crippen LogP) is 5.39. The third kappa shape index (κ3) is 6.58. The number of para-hydroxylation sites is 1. The molecule has 0 fully saturated rings. The van der Waals surface area contributed by atoms with Gasteiger partial charge in [-0.1, -0.05) is 48.5 Å². The molecule has 0 saturated heterocycles. The molecule has 0 spiro atoms. The Bertz CT molecular complexity index is 1100. The number of amides is 2. The van der Waals surface area contributed by atoms with Crippen LogP contribution in [0.15, 0.2) is 78.9 Å². The van der Waals surface area contributed by atoms with Gasteiger partial charge >= 0.3 is 6.18 Å². The molecule has 0 aliphatic carbocycles. The highest BCUT2D eigenvalue weighted by Gasteiger charge is 2.33. The number of hydrogen-bond acceptors (Lipinski definition) is 3. The summed E-state index contributed by atoms with van der Waals surface area (Å²) in [5.41, 5.74) is -0.0167. The summed E-state index contributed by atoms with van der Waals surface area (Å²) < 4.78 is 45.2. The van der Waals surface area contributed by atoms with Crippen molar-refractivity contribution in [1.29, 1.82) is 0 Å². The maximum atomic E-state index is 13.2. The SMILES string of the molecule is CCN(CC(=O)Nc1ccccc1C(F)(F)F)C(=O)c1cccc(OCc2ccccc2)c1. The molecule has 0 saturated carbocycles. The van der Waals surface area contributed by atoms with Gasteiger partial charge in [0, 0.05) is 12.1 Å². The Morgan fingerprint density at radius 1 is 0.939 bits per heavy atom. The molecule has 0 aliphatic heterocycles. The number of halogens is 3. The second-order valence-electron chi connectivity index (χ2n) is 7.21. The summed E-state index contributed by atoms with van der Waals surface area (Å²) in [6.45, 7) is 1.82. The van der Waals surface area contributed by atoms with Gasteiger partial charge in [0.05, 0.1) is 11.3 Å². The molecule has 172 valence electrons. The standard InChI is InChI=1S/C25H23F3N2O3/c1-2-30(16-23(31)29-22-14-7-6-13-21(22)25(26,27)28)24(32)19-11-8-12-20(15-19)33-17-18-9-4-3-5-10-18/h3-15H,2,16-17H2,1H3,(H,29,31). The highest BCUT2D eigenvalue weighted by Crippen LogP contribution is 2.34. The molecule has 3 rings (SSSR count). The Morgan fingerprint density at radius 3 is 2.33 bits per heavy atom. The van der Waals surface area contributed by atoms with Crippen molar-refractivity contribution in [2.45, 2.75) is 19.7 Å². The van der Waals surface area contributed by atoms with Gasteiger partial charge in [0.2, 0.25) is 5.91 Å². The number of rotatable bonds is 8. The summed E-state index contributed by atoms with van der Waals surface area (Å²) in [7, 11) is 0. The minimum absolute atomic E-state index is 0.197. The van der Waals surface area contributed by atoms with E-state index in [9.17, 15) is 22.8 Å². The number of anilines is 1. The van der Waals surface area contributed by atoms with Crippen molar-refractivity contribution in [2.75, 3.05) is 18.4 Å². The summed E-state index contributed by atoms with van der Waals surface area (Å²) in [5.74, 6) is -0.662. The molecule has 3 aromatic carbocycles. The van der Waals surface area contributed by atoms with Gasteiger partial charge in [0.1, 0.15) is 18.9 Å². The minimum atomic E-state index is -4.61. The molecular formula is C25H23F3N2O3. The van der Waals surface area contributed by atoms with Gasteiger partial charge in [-0.2, -0.15) is 13.2 Å². The third-order valence-electron chi connectivity index (χ3n) is 4.84. The molecule has 0 heterocycles. The van der Waals surface area contributed by atoms with Crippen LogP contribution in [-0.4, -0.2) is 29.8 Å². The van der Waals surface area contributed by atoms with Crippen LogP contribution >= 0.6 is 0 Å². The fourth-order valence-corrected chi connectivity index (χ4v) is 3.17. The first-order valence-electron chi connectivity index (χ1n) is 10.3. The van der Waals surface area contributed by atoms with Crippen molar-refractivity contribution >= 4 is 17.5 Å². The van der Waals surface area contributed by atoms with E-state index in [2.05, 4.69) is 5.32 Å². The predicted molar refractivity (Wildman–Crippen MR) is 119 cm³/mol. The van der Waals surface area contributed by atoms with Gasteiger partial charge < -0.3 is 15.0 Å². The number of likely N-dealkylation sites (N-methyl/N-ethyl adjacent to an activating group) is 1. The lowest BCUT2D eigenvalue weighted by Gasteiger charge is -2.21. The monoisotopic (exact) mass is 456 g/mol. The van der Waals surface area contributed by atoms with E-state index < -0.39 is 30.1 Å². The zero-order chi connectivity index (χ0) is 23.8. The van der Waals surface area contributed by atoms with Crippen LogP contribution in [0, 0.1) is 0 Å². The van der Waals surface area contributed by atoms with Crippen LogP contribution in [-0.2, 0) is 17.6 Å². The van der Waals surface area contributed by atoms with Crippen LogP contribution in [0.4, 0.5) is 18.9 Å². The molecule has 0 unspecified atom stereocenters. The lowest BCUT2D eigenvalue weighted by atomic mass is 10.1. The van der Waals surface area contributed by atoms with Crippen LogP contribution in [0.5, 0.6) is 5.75 Å². The first kappa shape index (κ1) is 23.8. The normalized spacial score (nSPS) is 11.0. The van der Waals surface area contributed by atoms with Crippen molar-refractivity contribution in [1.82, 2.24) is 4.90 Å². The number of nitrogens with one attached hydrogen (secondary N) is 1. The van der Waals surface area contributed by atoms with Gasteiger partial charge in [-0.25, -0.2) is 0 Å². The topological polar surface area (TPSA) is 58.6 Å². The van der Waals surface area contributed by atoms with Crippen LogP contribution in [0.3, 0.4) is 0 Å². The fourth-order valence-electron chi connectivity index (χ4n) is 3.17. The number of hydrogen-bond donors (Lipinski definition) is 1. The summed E-state index contributed by atoms with van der Waals surface area (Å²) in [6, 6.07) is 20.8. The lowest BCUT2D eigenvalue weighted by molar-refractivity contribution is -0.137. The molecule has 0 radical (unpaired) electrons. The first-order chi connectivity index (χ1) is 15.8. The third-order valence-corrected chi connectivity index (χ3v) is 4.84. The number of nitrogens with zero attached hydrogens (tertiary/aromatic N) is 1. The van der Waals surface area contributed by atoms with Crippen LogP contribution in [0.25, 0.3) is 0 Å². The maximum Gasteiger partial charge on any atom is 0.418 e. The van der Waals surface area contributed by atoms with E-state index in [1.54, 1.807) is 31.2 Å². The summed E-state index contributed by atoms with van der Waals surface area (Å²) >= 11 is 0. The van der Waals surface area contributed by atoms with Crippen molar-refractivity contribution in [3.05, 3.63) is 95.6 Å². The Balaban J connectivity index is 1.66. The van der Waals surface area contributed by atoms with E-state index in [0.717, 1.165) is 11.6 Å². The second kappa shape index (κ2) is 10.7. The Hall–Kier alpha value is -3.81. The highest BCUT2D eigenvalue weighted by molar-refractivity contribution is 5.99. The highest BCUT2D eigenvalue weighted by atomic mass is 19.4. The lowest BCUT2D eigenvalue weighted by Crippen LogP contribution is -2.38. The van der Waals surface area contributed by atoms with E-state index in [-0.39, 0.29) is 12.2 Å². The molecule has 5 nitrogen and oxygen atoms in total. The minimum Gasteiger partial charge on any atom is -0.489 e. The molecule has 0 bridgehead atoms.